The van der Waals surface area contributed by atoms with Crippen LogP contribution in [-0.4, -0.2) is 32.4 Å². The zero-order valence-electron chi connectivity index (χ0n) is 11.3. The van der Waals surface area contributed by atoms with E-state index in [-0.39, 0.29) is 37.2 Å². The van der Waals surface area contributed by atoms with E-state index in [2.05, 4.69) is 12.2 Å². The average Bonchev–Trinajstić information content (AvgIpc) is 2.98. The molecule has 5 nitrogen and oxygen atoms in total. The lowest BCUT2D eigenvalue weighted by molar-refractivity contribution is -0.165. The summed E-state index contributed by atoms with van der Waals surface area (Å²) in [6, 6.07) is 0. The van der Waals surface area contributed by atoms with E-state index < -0.39 is 0 Å². The summed E-state index contributed by atoms with van der Waals surface area (Å²) in [6.45, 7) is 1.38. The predicted molar refractivity (Wildman–Crippen MR) is 66.9 cm³/mol. The molecule has 0 aromatic carbocycles. The minimum Gasteiger partial charge on any atom is -0.465 e. The summed E-state index contributed by atoms with van der Waals surface area (Å²) in [5.74, 6) is 0.0701. The Morgan fingerprint density at radius 2 is 2.05 bits per heavy atom. The third-order valence-corrected chi connectivity index (χ3v) is 3.94. The topological polar surface area (TPSA) is 61.8 Å². The van der Waals surface area contributed by atoms with Crippen LogP contribution in [0.2, 0.25) is 0 Å². The number of fused-ring (bicyclic) bond motifs is 2. The van der Waals surface area contributed by atoms with E-state index in [4.69, 9.17) is 14.2 Å². The molecule has 1 saturated carbocycles. The van der Waals surface area contributed by atoms with E-state index in [0.29, 0.717) is 11.8 Å². The monoisotopic (exact) mass is 268 g/mol. The van der Waals surface area contributed by atoms with Crippen molar-refractivity contribution in [1.29, 1.82) is 0 Å². The molecule has 0 saturated heterocycles. The Morgan fingerprint density at radius 1 is 1.26 bits per heavy atom. The van der Waals surface area contributed by atoms with Crippen molar-refractivity contribution < 1.29 is 23.8 Å². The summed E-state index contributed by atoms with van der Waals surface area (Å²) in [7, 11) is 1.47. The van der Waals surface area contributed by atoms with E-state index in [9.17, 15) is 9.59 Å². The Balaban J connectivity index is 1.99. The molecule has 0 amide bonds. The lowest BCUT2D eigenvalue weighted by Crippen LogP contribution is -2.33. The lowest BCUT2D eigenvalue weighted by Gasteiger charge is -2.26. The summed E-state index contributed by atoms with van der Waals surface area (Å²) >= 11 is 0. The first kappa shape index (κ1) is 14.1. The third-order valence-electron chi connectivity index (χ3n) is 3.94. The first-order valence-electron chi connectivity index (χ1n) is 6.59. The molecule has 4 atom stereocenters. The minimum atomic E-state index is -0.390. The van der Waals surface area contributed by atoms with Gasteiger partial charge in [0.25, 0.3) is 0 Å². The van der Waals surface area contributed by atoms with Crippen molar-refractivity contribution in [2.45, 2.75) is 19.8 Å². The predicted octanol–water partition coefficient (Wildman–Crippen LogP) is 1.52. The molecule has 0 aromatic rings. The molecule has 0 heterocycles. The van der Waals surface area contributed by atoms with Gasteiger partial charge in [0.2, 0.25) is 0 Å². The molecule has 0 spiro atoms. The molecule has 2 rings (SSSR count). The number of hydrogen-bond donors (Lipinski definition) is 0. The Kier molecular flexibility index (Phi) is 4.58. The Hall–Kier alpha value is -1.36. The fourth-order valence-corrected chi connectivity index (χ4v) is 3.08. The number of methoxy groups -OCH3 is 1. The molecular formula is C14H20O5. The maximum atomic E-state index is 12.1. The van der Waals surface area contributed by atoms with Crippen molar-refractivity contribution in [1.82, 2.24) is 0 Å². The molecule has 5 heteroatoms. The second-order valence-electron chi connectivity index (χ2n) is 5.22. The van der Waals surface area contributed by atoms with Crippen LogP contribution in [0.5, 0.6) is 0 Å². The zero-order chi connectivity index (χ0) is 13.8. The number of carbonyl (C=O) groups excluding carboxylic acids is 2. The van der Waals surface area contributed by atoms with Crippen LogP contribution in [0.3, 0.4) is 0 Å². The van der Waals surface area contributed by atoms with Crippen LogP contribution in [-0.2, 0) is 23.8 Å². The van der Waals surface area contributed by atoms with Gasteiger partial charge in [-0.05, 0) is 30.6 Å². The standard InChI is InChI=1S/C14H20O5/c1-9(15)18-7-13(14(16)19-8-17-2)12-6-10-3-4-11(12)5-10/h3-4,10-13H,5-8H2,1-2H3. The van der Waals surface area contributed by atoms with Gasteiger partial charge in [0, 0.05) is 14.0 Å². The van der Waals surface area contributed by atoms with E-state index in [1.165, 1.54) is 14.0 Å². The van der Waals surface area contributed by atoms with E-state index >= 15 is 0 Å². The molecule has 2 bridgehead atoms. The quantitative estimate of drug-likeness (QED) is 0.415. The highest BCUT2D eigenvalue weighted by molar-refractivity contribution is 5.74. The van der Waals surface area contributed by atoms with Gasteiger partial charge >= 0.3 is 11.9 Å². The number of ether oxygens (including phenoxy) is 3. The SMILES string of the molecule is COCOC(=O)C(COC(C)=O)C1CC2C=CC1C2. The summed E-state index contributed by atoms with van der Waals surface area (Å²) < 4.78 is 14.8. The molecule has 0 aromatic heterocycles. The first-order chi connectivity index (χ1) is 9.11. The van der Waals surface area contributed by atoms with Crippen LogP contribution in [0.4, 0.5) is 0 Å². The fourth-order valence-electron chi connectivity index (χ4n) is 3.08. The highest BCUT2D eigenvalue weighted by Crippen LogP contribution is 2.47. The lowest BCUT2D eigenvalue weighted by atomic mass is 9.82. The van der Waals surface area contributed by atoms with Crippen molar-refractivity contribution in [3.63, 3.8) is 0 Å². The van der Waals surface area contributed by atoms with Crippen molar-refractivity contribution in [3.05, 3.63) is 12.2 Å². The number of allylic oxidation sites excluding steroid dienone is 2. The molecule has 0 N–H and O–H groups in total. The van der Waals surface area contributed by atoms with Gasteiger partial charge in [-0.1, -0.05) is 12.2 Å². The third kappa shape index (κ3) is 3.35. The van der Waals surface area contributed by atoms with Gasteiger partial charge in [-0.3, -0.25) is 9.59 Å². The summed E-state index contributed by atoms with van der Waals surface area (Å²) in [4.78, 5) is 23.0. The van der Waals surface area contributed by atoms with E-state index in [1.54, 1.807) is 0 Å². The van der Waals surface area contributed by atoms with Crippen molar-refractivity contribution in [2.75, 3.05) is 20.5 Å². The van der Waals surface area contributed by atoms with Gasteiger partial charge < -0.3 is 14.2 Å². The molecule has 19 heavy (non-hydrogen) atoms. The van der Waals surface area contributed by atoms with Gasteiger partial charge in [0.1, 0.15) is 6.61 Å². The van der Waals surface area contributed by atoms with Crippen LogP contribution in [0.1, 0.15) is 19.8 Å². The van der Waals surface area contributed by atoms with Gasteiger partial charge in [0.05, 0.1) is 5.92 Å². The molecule has 2 aliphatic rings. The average molecular weight is 268 g/mol. The normalized spacial score (nSPS) is 29.3. The van der Waals surface area contributed by atoms with Crippen molar-refractivity contribution >= 4 is 11.9 Å². The maximum Gasteiger partial charge on any atom is 0.314 e. The largest absolute Gasteiger partial charge is 0.465 e. The van der Waals surface area contributed by atoms with Gasteiger partial charge in [-0.25, -0.2) is 0 Å². The van der Waals surface area contributed by atoms with Crippen molar-refractivity contribution in [2.24, 2.45) is 23.7 Å². The van der Waals surface area contributed by atoms with Gasteiger partial charge in [0.15, 0.2) is 6.79 Å². The molecular weight excluding hydrogens is 248 g/mol. The molecule has 4 unspecified atom stereocenters. The van der Waals surface area contributed by atoms with Gasteiger partial charge in [-0.15, -0.1) is 0 Å². The Morgan fingerprint density at radius 3 is 2.58 bits per heavy atom. The first-order valence-corrected chi connectivity index (χ1v) is 6.59. The molecule has 0 aliphatic heterocycles. The highest BCUT2D eigenvalue weighted by Gasteiger charge is 2.43. The second kappa shape index (κ2) is 6.19. The van der Waals surface area contributed by atoms with Crippen LogP contribution in [0, 0.1) is 23.7 Å². The zero-order valence-corrected chi connectivity index (χ0v) is 11.3. The summed E-state index contributed by atoms with van der Waals surface area (Å²) in [5, 5.41) is 0. The molecule has 106 valence electrons. The molecule has 1 fully saturated rings. The molecule has 2 aliphatic carbocycles. The smallest absolute Gasteiger partial charge is 0.314 e. The van der Waals surface area contributed by atoms with E-state index in [0.717, 1.165) is 12.8 Å². The van der Waals surface area contributed by atoms with Crippen LogP contribution in [0.25, 0.3) is 0 Å². The number of esters is 2. The highest BCUT2D eigenvalue weighted by atomic mass is 16.7. The number of hydrogen-bond acceptors (Lipinski definition) is 5. The number of rotatable bonds is 6. The summed E-state index contributed by atoms with van der Waals surface area (Å²) in [6.07, 6.45) is 6.45. The Labute approximate surface area is 112 Å². The second-order valence-corrected chi connectivity index (χ2v) is 5.22. The van der Waals surface area contributed by atoms with Crippen molar-refractivity contribution in [3.8, 4) is 0 Å². The minimum absolute atomic E-state index is 0.0634. The maximum absolute atomic E-state index is 12.1. The van der Waals surface area contributed by atoms with Gasteiger partial charge in [-0.2, -0.15) is 0 Å². The fraction of sp³-hybridized carbons (Fsp3) is 0.714. The summed E-state index contributed by atoms with van der Waals surface area (Å²) in [5.41, 5.74) is 0. The Bertz CT molecular complexity index is 376. The van der Waals surface area contributed by atoms with Crippen LogP contribution < -0.4 is 0 Å². The number of carbonyl (C=O) groups is 2. The van der Waals surface area contributed by atoms with Crippen LogP contribution >= 0.6 is 0 Å². The van der Waals surface area contributed by atoms with Crippen LogP contribution in [0.15, 0.2) is 12.2 Å². The molecule has 0 radical (unpaired) electrons. The van der Waals surface area contributed by atoms with E-state index in [1.807, 2.05) is 0 Å².